The number of halogens is 1. The highest BCUT2D eigenvalue weighted by atomic mass is 32.2. The lowest BCUT2D eigenvalue weighted by molar-refractivity contribution is -0.113. The summed E-state index contributed by atoms with van der Waals surface area (Å²) < 4.78 is 19.2. The van der Waals surface area contributed by atoms with Gasteiger partial charge < -0.3 is 4.42 Å². The highest BCUT2D eigenvalue weighted by molar-refractivity contribution is 8.19. The van der Waals surface area contributed by atoms with Crippen LogP contribution in [0.4, 0.5) is 15.8 Å². The molecule has 0 radical (unpaired) electrons. The number of nitrogens with zero attached hydrogens (tertiary/aromatic N) is 2. The third kappa shape index (κ3) is 4.77. The number of carbonyl (C=O) groups excluding carboxylic acids is 1. The van der Waals surface area contributed by atoms with E-state index in [4.69, 9.17) is 9.41 Å². The van der Waals surface area contributed by atoms with E-state index in [-0.39, 0.29) is 11.7 Å². The van der Waals surface area contributed by atoms with Crippen LogP contribution < -0.4 is 4.90 Å². The largest absolute Gasteiger partial charge is 0.457 e. The molecular weight excluding hydrogens is 471 g/mol. The maximum Gasteiger partial charge on any atom is 0.271 e. The van der Waals surface area contributed by atoms with E-state index < -0.39 is 0 Å². The molecule has 1 saturated heterocycles. The molecule has 0 unspecified atom stereocenters. The Morgan fingerprint density at radius 3 is 2.22 bits per heavy atom. The van der Waals surface area contributed by atoms with Crippen LogP contribution in [-0.2, 0) is 4.79 Å². The van der Waals surface area contributed by atoms with Gasteiger partial charge in [-0.25, -0.2) is 9.38 Å². The molecule has 1 fully saturated rings. The van der Waals surface area contributed by atoms with Gasteiger partial charge in [-0.15, -0.1) is 0 Å². The first-order chi connectivity index (χ1) is 17.3. The van der Waals surface area contributed by atoms with E-state index in [0.717, 1.165) is 33.6 Å². The van der Waals surface area contributed by atoms with Gasteiger partial charge in [0.25, 0.3) is 5.91 Å². The summed E-state index contributed by atoms with van der Waals surface area (Å²) in [6.07, 6.45) is 1.73. The Hall–Kier alpha value is -3.90. The van der Waals surface area contributed by atoms with E-state index in [1.165, 1.54) is 29.5 Å². The van der Waals surface area contributed by atoms with Gasteiger partial charge in [-0.2, -0.15) is 0 Å². The van der Waals surface area contributed by atoms with Gasteiger partial charge in [0, 0.05) is 11.6 Å². The Labute approximate surface area is 214 Å². The zero-order valence-electron chi connectivity index (χ0n) is 20.5. The maximum atomic E-state index is 13.6. The smallest absolute Gasteiger partial charge is 0.271 e. The number of aryl methyl sites for hydroxylation is 4. The van der Waals surface area contributed by atoms with Gasteiger partial charge in [-0.05, 0) is 122 Å². The zero-order valence-corrected chi connectivity index (χ0v) is 21.3. The average molecular weight is 497 g/mol. The van der Waals surface area contributed by atoms with Crippen LogP contribution in [0.15, 0.2) is 87.1 Å². The van der Waals surface area contributed by atoms with Crippen LogP contribution in [0.5, 0.6) is 0 Å². The van der Waals surface area contributed by atoms with Crippen molar-refractivity contribution in [2.75, 3.05) is 4.90 Å². The first-order valence-electron chi connectivity index (χ1n) is 11.6. The Morgan fingerprint density at radius 1 is 0.833 bits per heavy atom. The number of rotatable bonds is 4. The van der Waals surface area contributed by atoms with Crippen molar-refractivity contribution in [1.82, 2.24) is 0 Å². The monoisotopic (exact) mass is 496 g/mol. The molecule has 3 aromatic carbocycles. The minimum absolute atomic E-state index is 0.162. The fraction of sp³-hybridized carbons (Fsp3) is 0.133. The molecule has 36 heavy (non-hydrogen) atoms. The molecule has 0 saturated carbocycles. The topological polar surface area (TPSA) is 45.8 Å². The lowest BCUT2D eigenvalue weighted by atomic mass is 10.1. The molecule has 1 aliphatic rings. The number of carbonyl (C=O) groups is 1. The summed E-state index contributed by atoms with van der Waals surface area (Å²) in [5.41, 5.74) is 6.92. The summed E-state index contributed by atoms with van der Waals surface area (Å²) in [5, 5.41) is 0.586. The molecule has 2 heterocycles. The normalized spacial score (nSPS) is 15.9. The van der Waals surface area contributed by atoms with Gasteiger partial charge in [0.05, 0.1) is 16.3 Å². The molecule has 5 rings (SSSR count). The molecular formula is C30H25FN2O2S. The number of furan rings is 1. The van der Waals surface area contributed by atoms with Gasteiger partial charge in [0.2, 0.25) is 0 Å². The summed E-state index contributed by atoms with van der Waals surface area (Å²) in [5.74, 6) is 0.679. The molecule has 1 aromatic heterocycles. The van der Waals surface area contributed by atoms with Crippen LogP contribution >= 0.6 is 11.8 Å². The lowest BCUT2D eigenvalue weighted by Crippen LogP contribution is -2.28. The molecule has 0 aliphatic carbocycles. The van der Waals surface area contributed by atoms with Crippen LogP contribution in [0.3, 0.4) is 0 Å². The van der Waals surface area contributed by atoms with Gasteiger partial charge in [0.15, 0.2) is 5.17 Å². The Bertz CT molecular complexity index is 1530. The summed E-state index contributed by atoms with van der Waals surface area (Å²) in [6, 6.07) is 21.7. The van der Waals surface area contributed by atoms with Crippen molar-refractivity contribution < 1.29 is 13.6 Å². The van der Waals surface area contributed by atoms with E-state index in [0.29, 0.717) is 21.6 Å². The second kappa shape index (κ2) is 9.63. The summed E-state index contributed by atoms with van der Waals surface area (Å²) in [4.78, 5) is 20.6. The zero-order chi connectivity index (χ0) is 25.4. The third-order valence-electron chi connectivity index (χ3n) is 6.30. The van der Waals surface area contributed by atoms with Crippen LogP contribution in [0.2, 0.25) is 0 Å². The van der Waals surface area contributed by atoms with Gasteiger partial charge in [-0.1, -0.05) is 12.1 Å². The van der Waals surface area contributed by atoms with Crippen molar-refractivity contribution in [3.63, 3.8) is 0 Å². The van der Waals surface area contributed by atoms with Crippen molar-refractivity contribution in [2.45, 2.75) is 27.7 Å². The fourth-order valence-electron chi connectivity index (χ4n) is 3.88. The number of anilines is 1. The highest BCUT2D eigenvalue weighted by Crippen LogP contribution is 2.38. The highest BCUT2D eigenvalue weighted by Gasteiger charge is 2.35. The molecule has 1 aliphatic heterocycles. The second-order valence-electron chi connectivity index (χ2n) is 8.89. The van der Waals surface area contributed by atoms with Crippen molar-refractivity contribution >= 4 is 40.3 Å². The van der Waals surface area contributed by atoms with Gasteiger partial charge in [0.1, 0.15) is 17.3 Å². The average Bonchev–Trinajstić information content (AvgIpc) is 3.43. The second-order valence-corrected chi connectivity index (χ2v) is 9.90. The van der Waals surface area contributed by atoms with Crippen molar-refractivity contribution in [3.05, 3.63) is 112 Å². The van der Waals surface area contributed by atoms with Gasteiger partial charge >= 0.3 is 0 Å². The molecule has 0 bridgehead atoms. The quantitative estimate of drug-likeness (QED) is 0.268. The minimum Gasteiger partial charge on any atom is -0.457 e. The summed E-state index contributed by atoms with van der Waals surface area (Å²) in [7, 11) is 0. The van der Waals surface area contributed by atoms with Crippen molar-refractivity contribution in [1.29, 1.82) is 0 Å². The number of amidine groups is 1. The maximum absolute atomic E-state index is 13.6. The standard InChI is InChI=1S/C30H25FN2O2S/c1-18-5-11-24(15-20(18)3)32-30-33(25-12-6-19(2)21(4)16-25)29(34)28(36-30)17-26-13-14-27(35-26)22-7-9-23(31)10-8-22/h5-17H,1-4H3/b28-17-,32-30?. The Morgan fingerprint density at radius 2 is 1.53 bits per heavy atom. The van der Waals surface area contributed by atoms with Crippen LogP contribution in [0, 0.1) is 33.5 Å². The van der Waals surface area contributed by atoms with Crippen LogP contribution in [-0.4, -0.2) is 11.1 Å². The predicted molar refractivity (Wildman–Crippen MR) is 146 cm³/mol. The Balaban J connectivity index is 1.53. The molecule has 1 amide bonds. The molecule has 0 N–H and O–H groups in total. The molecule has 0 atom stereocenters. The number of thioether (sulfide) groups is 1. The SMILES string of the molecule is Cc1ccc(N=C2S/C(=C\c3ccc(-c4ccc(F)cc4)o3)C(=O)N2c2ccc(C)c(C)c2)cc1C. The van der Waals surface area contributed by atoms with Crippen LogP contribution in [0.1, 0.15) is 28.0 Å². The Kier molecular flexibility index (Phi) is 6.37. The van der Waals surface area contributed by atoms with Crippen molar-refractivity contribution in [2.24, 2.45) is 4.99 Å². The number of amides is 1. The van der Waals surface area contributed by atoms with E-state index in [9.17, 15) is 9.18 Å². The van der Waals surface area contributed by atoms with E-state index in [1.54, 1.807) is 29.2 Å². The van der Waals surface area contributed by atoms with Gasteiger partial charge in [-0.3, -0.25) is 9.69 Å². The number of aliphatic imine (C=N–C) groups is 1. The van der Waals surface area contributed by atoms with E-state index in [2.05, 4.69) is 6.92 Å². The minimum atomic E-state index is -0.303. The van der Waals surface area contributed by atoms with Crippen LogP contribution in [0.25, 0.3) is 17.4 Å². The molecule has 180 valence electrons. The van der Waals surface area contributed by atoms with E-state index >= 15 is 0 Å². The predicted octanol–water partition coefficient (Wildman–Crippen LogP) is 8.13. The van der Waals surface area contributed by atoms with E-state index in [1.807, 2.05) is 63.2 Å². The first-order valence-corrected chi connectivity index (χ1v) is 12.4. The number of benzene rings is 3. The third-order valence-corrected chi connectivity index (χ3v) is 7.27. The molecule has 4 aromatic rings. The summed E-state index contributed by atoms with van der Waals surface area (Å²) in [6.45, 7) is 8.19. The first kappa shape index (κ1) is 23.8. The van der Waals surface area contributed by atoms with Crippen molar-refractivity contribution in [3.8, 4) is 11.3 Å². The fourth-order valence-corrected chi connectivity index (χ4v) is 4.86. The lowest BCUT2D eigenvalue weighted by Gasteiger charge is -2.17. The number of hydrogen-bond donors (Lipinski definition) is 0. The molecule has 6 heteroatoms. The number of hydrogen-bond acceptors (Lipinski definition) is 4. The summed E-state index contributed by atoms with van der Waals surface area (Å²) >= 11 is 1.32. The molecule has 4 nitrogen and oxygen atoms in total. The molecule has 0 spiro atoms.